The molecule has 0 aromatic heterocycles. The van der Waals surface area contributed by atoms with Crippen LogP contribution in [0.15, 0.2) is 23.3 Å². The molecule has 2 aliphatic carbocycles. The Labute approximate surface area is 69.9 Å². The molecule has 66 valence electrons. The lowest BCUT2D eigenvalue weighted by atomic mass is 9.91. The molecule has 0 spiro atoms. The summed E-state index contributed by atoms with van der Waals surface area (Å²) in [5.74, 6) is -1.29. The van der Waals surface area contributed by atoms with Gasteiger partial charge in [-0.3, -0.25) is 0 Å². The molecule has 12 heavy (non-hydrogen) atoms. The van der Waals surface area contributed by atoms with E-state index in [1.165, 1.54) is 6.08 Å². The summed E-state index contributed by atoms with van der Waals surface area (Å²) in [5, 5.41) is 0. The molecule has 0 saturated heterocycles. The van der Waals surface area contributed by atoms with E-state index in [4.69, 9.17) is 5.73 Å². The number of allylic oxidation sites excluding steroid dienone is 3. The molecule has 2 atom stereocenters. The normalized spacial score (nSPS) is 35.1. The first kappa shape index (κ1) is 7.92. The van der Waals surface area contributed by atoms with Gasteiger partial charge in [0.25, 0.3) is 0 Å². The Morgan fingerprint density at radius 2 is 2.17 bits per heavy atom. The van der Waals surface area contributed by atoms with E-state index in [9.17, 15) is 8.78 Å². The maximum Gasteiger partial charge on any atom is 0.158 e. The average molecular weight is 171 g/mol. The monoisotopic (exact) mass is 171 g/mol. The van der Waals surface area contributed by atoms with Crippen LogP contribution in [0.2, 0.25) is 0 Å². The molecule has 2 aliphatic rings. The summed E-state index contributed by atoms with van der Waals surface area (Å²) < 4.78 is 25.8. The quantitative estimate of drug-likeness (QED) is 0.594. The van der Waals surface area contributed by atoms with Crippen molar-refractivity contribution in [1.29, 1.82) is 0 Å². The van der Waals surface area contributed by atoms with Gasteiger partial charge in [-0.1, -0.05) is 0 Å². The molecule has 0 aromatic carbocycles. The molecule has 0 aromatic rings. The molecule has 1 fully saturated rings. The van der Waals surface area contributed by atoms with Crippen molar-refractivity contribution in [2.45, 2.75) is 25.3 Å². The number of rotatable bonds is 0. The minimum atomic E-state index is -0.699. The molecule has 2 unspecified atom stereocenters. The molecule has 2 rings (SSSR count). The topological polar surface area (TPSA) is 26.0 Å². The minimum Gasteiger partial charge on any atom is -0.327 e. The van der Waals surface area contributed by atoms with Gasteiger partial charge in [0.2, 0.25) is 0 Å². The molecule has 2 N–H and O–H groups in total. The smallest absolute Gasteiger partial charge is 0.158 e. The predicted molar refractivity (Wildman–Crippen MR) is 42.6 cm³/mol. The van der Waals surface area contributed by atoms with Gasteiger partial charge < -0.3 is 5.73 Å². The van der Waals surface area contributed by atoms with Gasteiger partial charge in [0.05, 0.1) is 0 Å². The van der Waals surface area contributed by atoms with Crippen LogP contribution in [0.4, 0.5) is 8.78 Å². The molecule has 0 heterocycles. The van der Waals surface area contributed by atoms with E-state index in [1.807, 2.05) is 0 Å². The summed E-state index contributed by atoms with van der Waals surface area (Å²) in [6.07, 6.45) is 3.28. The van der Waals surface area contributed by atoms with Gasteiger partial charge in [0.1, 0.15) is 0 Å². The standard InChI is InChI=1S/C9H11F2N/c10-7-3-1-5-6(9(7)11)2-4-8(5)12/h3,5,8H,1-2,4,12H2. The fourth-order valence-electron chi connectivity index (χ4n) is 2.03. The molecule has 3 heteroatoms. The third kappa shape index (κ3) is 1.00. The highest BCUT2D eigenvalue weighted by Crippen LogP contribution is 2.41. The van der Waals surface area contributed by atoms with Crippen molar-refractivity contribution in [2.75, 3.05) is 0 Å². The SMILES string of the molecule is NC1CCC2=C(F)C(F)=CCC21. The van der Waals surface area contributed by atoms with Crippen LogP contribution in [0, 0.1) is 5.92 Å². The van der Waals surface area contributed by atoms with Gasteiger partial charge in [-0.2, -0.15) is 0 Å². The third-order valence-corrected chi connectivity index (χ3v) is 2.75. The Morgan fingerprint density at radius 1 is 1.42 bits per heavy atom. The van der Waals surface area contributed by atoms with Crippen LogP contribution in [0.25, 0.3) is 0 Å². The highest BCUT2D eigenvalue weighted by molar-refractivity contribution is 5.34. The van der Waals surface area contributed by atoms with Crippen LogP contribution in [-0.2, 0) is 0 Å². The first-order valence-corrected chi connectivity index (χ1v) is 4.20. The summed E-state index contributed by atoms with van der Waals surface area (Å²) in [6.45, 7) is 0. The number of fused-ring (bicyclic) bond motifs is 1. The summed E-state index contributed by atoms with van der Waals surface area (Å²) in [7, 11) is 0. The molecule has 0 aliphatic heterocycles. The molecule has 0 amide bonds. The highest BCUT2D eigenvalue weighted by atomic mass is 19.2. The van der Waals surface area contributed by atoms with Crippen LogP contribution in [-0.4, -0.2) is 6.04 Å². The first-order chi connectivity index (χ1) is 5.70. The van der Waals surface area contributed by atoms with Gasteiger partial charge in [0.15, 0.2) is 11.7 Å². The first-order valence-electron chi connectivity index (χ1n) is 4.20. The van der Waals surface area contributed by atoms with Crippen molar-refractivity contribution >= 4 is 0 Å². The second-order valence-corrected chi connectivity index (χ2v) is 3.44. The number of halogens is 2. The molecular weight excluding hydrogens is 160 g/mol. The van der Waals surface area contributed by atoms with Crippen molar-refractivity contribution in [1.82, 2.24) is 0 Å². The minimum absolute atomic E-state index is 0.0232. The van der Waals surface area contributed by atoms with Gasteiger partial charge in [-0.25, -0.2) is 8.78 Å². The van der Waals surface area contributed by atoms with Crippen LogP contribution < -0.4 is 5.73 Å². The van der Waals surface area contributed by atoms with Gasteiger partial charge in [-0.05, 0) is 30.9 Å². The fourth-order valence-corrected chi connectivity index (χ4v) is 2.03. The van der Waals surface area contributed by atoms with E-state index in [0.29, 0.717) is 18.4 Å². The largest absolute Gasteiger partial charge is 0.327 e. The lowest BCUT2D eigenvalue weighted by Gasteiger charge is -2.18. The van der Waals surface area contributed by atoms with Crippen molar-refractivity contribution in [2.24, 2.45) is 11.7 Å². The zero-order chi connectivity index (χ0) is 8.72. The fraction of sp³-hybridized carbons (Fsp3) is 0.556. The van der Waals surface area contributed by atoms with E-state index in [2.05, 4.69) is 0 Å². The number of hydrogen-bond acceptors (Lipinski definition) is 1. The van der Waals surface area contributed by atoms with Crippen LogP contribution in [0.1, 0.15) is 19.3 Å². The van der Waals surface area contributed by atoms with Gasteiger partial charge in [0, 0.05) is 12.0 Å². The number of nitrogens with two attached hydrogens (primary N) is 1. The Balaban J connectivity index is 2.35. The Hall–Kier alpha value is -0.700. The lowest BCUT2D eigenvalue weighted by Crippen LogP contribution is -2.25. The summed E-state index contributed by atoms with van der Waals surface area (Å²) in [5.41, 5.74) is 6.34. The van der Waals surface area contributed by atoms with E-state index in [0.717, 1.165) is 6.42 Å². The van der Waals surface area contributed by atoms with Crippen LogP contribution in [0.3, 0.4) is 0 Å². The Bertz CT molecular complexity index is 268. The Morgan fingerprint density at radius 3 is 2.92 bits per heavy atom. The van der Waals surface area contributed by atoms with Crippen molar-refractivity contribution in [3.05, 3.63) is 23.3 Å². The highest BCUT2D eigenvalue weighted by Gasteiger charge is 2.34. The van der Waals surface area contributed by atoms with Crippen LogP contribution in [0.5, 0.6) is 0 Å². The van der Waals surface area contributed by atoms with E-state index in [-0.39, 0.29) is 12.0 Å². The van der Waals surface area contributed by atoms with Crippen molar-refractivity contribution in [3.63, 3.8) is 0 Å². The molecule has 0 bridgehead atoms. The summed E-state index contributed by atoms with van der Waals surface area (Å²) in [4.78, 5) is 0. The number of hydrogen-bond donors (Lipinski definition) is 1. The van der Waals surface area contributed by atoms with E-state index in [1.54, 1.807) is 0 Å². The van der Waals surface area contributed by atoms with Crippen LogP contribution >= 0.6 is 0 Å². The average Bonchev–Trinajstić information content (AvgIpc) is 2.41. The summed E-state index contributed by atoms with van der Waals surface area (Å²) in [6, 6.07) is 0.0232. The molecule has 1 nitrogen and oxygen atoms in total. The lowest BCUT2D eigenvalue weighted by molar-refractivity contribution is 0.468. The Kier molecular flexibility index (Phi) is 1.76. The van der Waals surface area contributed by atoms with E-state index >= 15 is 0 Å². The van der Waals surface area contributed by atoms with E-state index < -0.39 is 11.7 Å². The maximum atomic E-state index is 13.1. The maximum absolute atomic E-state index is 13.1. The molecule has 1 saturated carbocycles. The van der Waals surface area contributed by atoms with Gasteiger partial charge in [-0.15, -0.1) is 0 Å². The van der Waals surface area contributed by atoms with Gasteiger partial charge >= 0.3 is 0 Å². The second kappa shape index (κ2) is 2.66. The van der Waals surface area contributed by atoms with Crippen molar-refractivity contribution < 1.29 is 8.78 Å². The zero-order valence-electron chi connectivity index (χ0n) is 6.69. The predicted octanol–water partition coefficient (Wildman–Crippen LogP) is 2.20. The second-order valence-electron chi connectivity index (χ2n) is 3.44. The third-order valence-electron chi connectivity index (χ3n) is 2.75. The summed E-state index contributed by atoms with van der Waals surface area (Å²) >= 11 is 0. The molecule has 0 radical (unpaired) electrons. The molecular formula is C9H11F2N. The van der Waals surface area contributed by atoms with Crippen molar-refractivity contribution in [3.8, 4) is 0 Å². The zero-order valence-corrected chi connectivity index (χ0v) is 6.69.